The molecule has 0 bridgehead atoms. The third-order valence-electron chi connectivity index (χ3n) is 2.28. The van der Waals surface area contributed by atoms with E-state index in [4.69, 9.17) is 0 Å². The van der Waals surface area contributed by atoms with Crippen LogP contribution in [0.25, 0.3) is 22.3 Å². The molecular formula is C9H6N6O. The highest BCUT2D eigenvalue weighted by Gasteiger charge is 2.09. The molecule has 0 unspecified atom stereocenters. The van der Waals surface area contributed by atoms with Gasteiger partial charge in [0.15, 0.2) is 0 Å². The van der Waals surface area contributed by atoms with E-state index in [1.807, 2.05) is 6.07 Å². The van der Waals surface area contributed by atoms with Crippen LogP contribution in [0.3, 0.4) is 0 Å². The third-order valence-corrected chi connectivity index (χ3v) is 2.28. The molecule has 0 aliphatic rings. The Kier molecular flexibility index (Phi) is 1.76. The van der Waals surface area contributed by atoms with Crippen molar-refractivity contribution in [2.45, 2.75) is 0 Å². The first-order valence-electron chi connectivity index (χ1n) is 4.55. The number of rotatable bonds is 2. The smallest absolute Gasteiger partial charge is 0.141 e. The molecule has 0 aliphatic carbocycles. The number of nitroso groups, excluding NO2 is 1. The van der Waals surface area contributed by atoms with Gasteiger partial charge in [-0.1, -0.05) is 0 Å². The molecule has 7 nitrogen and oxygen atoms in total. The fourth-order valence-electron chi connectivity index (χ4n) is 1.58. The molecule has 0 fully saturated rings. The maximum atomic E-state index is 10.3. The molecule has 3 rings (SSSR count). The van der Waals surface area contributed by atoms with Crippen LogP contribution in [-0.4, -0.2) is 24.8 Å². The highest BCUT2D eigenvalue weighted by Crippen LogP contribution is 2.23. The number of aromatic amines is 1. The number of fused-ring (bicyclic) bond motifs is 1. The maximum absolute atomic E-state index is 10.3. The number of aromatic nitrogens is 5. The molecule has 7 heteroatoms. The third kappa shape index (κ3) is 1.18. The van der Waals surface area contributed by atoms with Crippen molar-refractivity contribution in [2.24, 2.45) is 5.29 Å². The largest absolute Gasteiger partial charge is 0.346 e. The maximum Gasteiger partial charge on any atom is 0.141 e. The summed E-state index contributed by atoms with van der Waals surface area (Å²) in [6, 6.07) is 1.87. The van der Waals surface area contributed by atoms with E-state index in [0.29, 0.717) is 0 Å². The zero-order valence-corrected chi connectivity index (χ0v) is 8.03. The summed E-state index contributed by atoms with van der Waals surface area (Å²) in [6.07, 6.45) is 6.29. The first kappa shape index (κ1) is 8.72. The number of hydrogen-bond donors (Lipinski definition) is 1. The monoisotopic (exact) mass is 214 g/mol. The molecule has 0 radical (unpaired) electrons. The van der Waals surface area contributed by atoms with Gasteiger partial charge in [-0.2, -0.15) is 5.10 Å². The quantitative estimate of drug-likeness (QED) is 0.652. The average molecular weight is 214 g/mol. The van der Waals surface area contributed by atoms with Crippen molar-refractivity contribution in [3.63, 3.8) is 0 Å². The van der Waals surface area contributed by atoms with Crippen molar-refractivity contribution in [1.82, 2.24) is 24.8 Å². The Bertz CT molecular complexity index is 655. The van der Waals surface area contributed by atoms with Gasteiger partial charge in [0.2, 0.25) is 0 Å². The minimum absolute atomic E-state index is 0.723. The number of nitrogens with one attached hydrogen (secondary N) is 1. The molecule has 0 aromatic carbocycles. The van der Waals surface area contributed by atoms with E-state index in [1.54, 1.807) is 6.20 Å². The Morgan fingerprint density at radius 3 is 3.12 bits per heavy atom. The van der Waals surface area contributed by atoms with Crippen molar-refractivity contribution in [1.29, 1.82) is 0 Å². The SMILES string of the molecule is O=Nn1cc(-c2ncnc3[nH]ccc23)cn1. The second kappa shape index (κ2) is 3.23. The highest BCUT2D eigenvalue weighted by atomic mass is 16.3. The van der Waals surface area contributed by atoms with Gasteiger partial charge in [0, 0.05) is 17.1 Å². The molecule has 1 N–H and O–H groups in total. The molecule has 16 heavy (non-hydrogen) atoms. The van der Waals surface area contributed by atoms with Crippen LogP contribution < -0.4 is 0 Å². The summed E-state index contributed by atoms with van der Waals surface area (Å²) in [6.45, 7) is 0. The molecular weight excluding hydrogens is 208 g/mol. The molecule has 0 aliphatic heterocycles. The fourth-order valence-corrected chi connectivity index (χ4v) is 1.58. The van der Waals surface area contributed by atoms with Gasteiger partial charge in [0.25, 0.3) is 0 Å². The van der Waals surface area contributed by atoms with E-state index in [-0.39, 0.29) is 0 Å². The minimum atomic E-state index is 0.723. The fraction of sp³-hybridized carbons (Fsp3) is 0. The van der Waals surface area contributed by atoms with E-state index in [9.17, 15) is 4.91 Å². The predicted octanol–water partition coefficient (Wildman–Crippen LogP) is 1.35. The van der Waals surface area contributed by atoms with Crippen LogP contribution in [0.2, 0.25) is 0 Å². The second-order valence-corrected chi connectivity index (χ2v) is 3.19. The topological polar surface area (TPSA) is 88.8 Å². The van der Waals surface area contributed by atoms with Crippen molar-refractivity contribution in [2.75, 3.05) is 0 Å². The summed E-state index contributed by atoms with van der Waals surface area (Å²) in [7, 11) is 0. The number of nitrogens with zero attached hydrogens (tertiary/aromatic N) is 5. The molecule has 0 saturated carbocycles. The van der Waals surface area contributed by atoms with Gasteiger partial charge in [-0.25, -0.2) is 9.97 Å². The number of H-pyrrole nitrogens is 1. The zero-order chi connectivity index (χ0) is 11.0. The molecule has 3 heterocycles. The van der Waals surface area contributed by atoms with Crippen LogP contribution in [0, 0.1) is 4.91 Å². The van der Waals surface area contributed by atoms with Crippen molar-refractivity contribution < 1.29 is 0 Å². The molecule has 78 valence electrons. The molecule has 0 atom stereocenters. The summed E-state index contributed by atoms with van der Waals surface area (Å²) in [5.41, 5.74) is 2.20. The van der Waals surface area contributed by atoms with Crippen LogP contribution in [0.1, 0.15) is 0 Å². The Morgan fingerprint density at radius 1 is 1.38 bits per heavy atom. The Hall–Kier alpha value is -2.57. The van der Waals surface area contributed by atoms with E-state index >= 15 is 0 Å². The van der Waals surface area contributed by atoms with Crippen LogP contribution in [0.5, 0.6) is 0 Å². The van der Waals surface area contributed by atoms with Crippen LogP contribution >= 0.6 is 0 Å². The molecule has 3 aromatic rings. The van der Waals surface area contributed by atoms with Crippen LogP contribution in [0.15, 0.2) is 36.3 Å². The Labute approximate surface area is 89.1 Å². The van der Waals surface area contributed by atoms with Gasteiger partial charge in [-0.3, -0.25) is 0 Å². The van der Waals surface area contributed by atoms with E-state index in [1.165, 1.54) is 18.7 Å². The van der Waals surface area contributed by atoms with Gasteiger partial charge in [0.1, 0.15) is 12.0 Å². The van der Waals surface area contributed by atoms with Gasteiger partial charge in [0.05, 0.1) is 23.4 Å². The van der Waals surface area contributed by atoms with Gasteiger partial charge in [-0.15, -0.1) is 9.70 Å². The highest BCUT2D eigenvalue weighted by molar-refractivity contribution is 5.89. The average Bonchev–Trinajstić information content (AvgIpc) is 2.97. The summed E-state index contributed by atoms with van der Waals surface area (Å²) in [5, 5.41) is 7.34. The molecule has 0 saturated heterocycles. The number of hydrogen-bond acceptors (Lipinski definition) is 5. The van der Waals surface area contributed by atoms with E-state index < -0.39 is 0 Å². The lowest BCUT2D eigenvalue weighted by atomic mass is 10.2. The first-order chi connectivity index (χ1) is 7.88. The van der Waals surface area contributed by atoms with Gasteiger partial charge >= 0.3 is 0 Å². The zero-order valence-electron chi connectivity index (χ0n) is 8.03. The van der Waals surface area contributed by atoms with Gasteiger partial charge < -0.3 is 4.98 Å². The first-order valence-corrected chi connectivity index (χ1v) is 4.55. The van der Waals surface area contributed by atoms with E-state index in [2.05, 4.69) is 25.3 Å². The summed E-state index contributed by atoms with van der Waals surface area (Å²) < 4.78 is 0. The van der Waals surface area contributed by atoms with Crippen molar-refractivity contribution in [3.8, 4) is 11.3 Å². The standard InChI is InChI=1S/C9H6N6O/c16-14-15-4-6(3-13-15)8-7-1-2-10-9(7)12-5-11-8/h1-5H,(H,10,11,12). The van der Waals surface area contributed by atoms with Gasteiger partial charge in [-0.05, 0) is 6.07 Å². The normalized spacial score (nSPS) is 10.8. The second-order valence-electron chi connectivity index (χ2n) is 3.19. The lowest BCUT2D eigenvalue weighted by molar-refractivity contribution is 0.733. The van der Waals surface area contributed by atoms with Crippen LogP contribution in [0.4, 0.5) is 0 Å². The predicted molar refractivity (Wildman–Crippen MR) is 56.3 cm³/mol. The summed E-state index contributed by atoms with van der Waals surface area (Å²) in [5.74, 6) is 0. The molecule has 0 spiro atoms. The van der Waals surface area contributed by atoms with E-state index in [0.717, 1.165) is 27.1 Å². The van der Waals surface area contributed by atoms with Crippen molar-refractivity contribution >= 4 is 11.0 Å². The molecule has 0 amide bonds. The molecule has 3 aromatic heterocycles. The minimum Gasteiger partial charge on any atom is -0.346 e. The Balaban J connectivity index is 2.24. The van der Waals surface area contributed by atoms with Crippen molar-refractivity contribution in [3.05, 3.63) is 35.9 Å². The summed E-state index contributed by atoms with van der Waals surface area (Å²) >= 11 is 0. The van der Waals surface area contributed by atoms with Crippen LogP contribution in [-0.2, 0) is 0 Å². The lowest BCUT2D eigenvalue weighted by Crippen LogP contribution is -1.86. The Morgan fingerprint density at radius 2 is 2.31 bits per heavy atom. The summed E-state index contributed by atoms with van der Waals surface area (Å²) in [4.78, 5) is 22.5. The lowest BCUT2D eigenvalue weighted by Gasteiger charge is -1.96.